The van der Waals surface area contributed by atoms with E-state index in [9.17, 15) is 4.79 Å². The Bertz CT molecular complexity index is 463. The molecule has 118 valence electrons. The Hall–Kier alpha value is -1.26. The molecule has 0 fully saturated rings. The number of nitrogens with one attached hydrogen (secondary N) is 2. The van der Waals surface area contributed by atoms with Gasteiger partial charge < -0.3 is 15.5 Å². The third kappa shape index (κ3) is 5.94. The van der Waals surface area contributed by atoms with E-state index in [0.29, 0.717) is 11.6 Å². The summed E-state index contributed by atoms with van der Waals surface area (Å²) >= 11 is 6.09. The largest absolute Gasteiger partial charge is 0.362 e. The average molecular weight is 312 g/mol. The number of benzene rings is 1. The van der Waals surface area contributed by atoms with Crippen LogP contribution < -0.4 is 15.5 Å². The molecule has 0 unspecified atom stereocenters. The highest BCUT2D eigenvalue weighted by molar-refractivity contribution is 6.30. The summed E-state index contributed by atoms with van der Waals surface area (Å²) in [7, 11) is 0. The zero-order valence-electron chi connectivity index (χ0n) is 13.4. The molecule has 0 heterocycles. The van der Waals surface area contributed by atoms with Crippen molar-refractivity contribution in [2.45, 2.75) is 40.3 Å². The summed E-state index contributed by atoms with van der Waals surface area (Å²) in [5.41, 5.74) is 2.17. The molecule has 21 heavy (non-hydrogen) atoms. The Morgan fingerprint density at radius 1 is 1.33 bits per heavy atom. The van der Waals surface area contributed by atoms with E-state index in [1.54, 1.807) is 0 Å². The first-order chi connectivity index (χ1) is 9.97. The summed E-state index contributed by atoms with van der Waals surface area (Å²) in [5.74, 6) is 0.0381. The van der Waals surface area contributed by atoms with E-state index in [-0.39, 0.29) is 11.9 Å². The lowest BCUT2D eigenvalue weighted by Gasteiger charge is -2.26. The standard InChI is InChI=1S/C16H26ClN3O/c1-5-18-10-13-9-14(17)7-8-15(13)20(6-2)11-16(21)19-12(3)4/h7-9,12,18H,5-6,10-11H2,1-4H3,(H,19,21). The number of halogens is 1. The first-order valence-electron chi connectivity index (χ1n) is 7.51. The van der Waals surface area contributed by atoms with Crippen molar-refractivity contribution < 1.29 is 4.79 Å². The van der Waals surface area contributed by atoms with Crippen molar-refractivity contribution >= 4 is 23.2 Å². The van der Waals surface area contributed by atoms with Gasteiger partial charge in [-0.2, -0.15) is 0 Å². The molecule has 0 aromatic heterocycles. The van der Waals surface area contributed by atoms with E-state index >= 15 is 0 Å². The molecule has 2 N–H and O–H groups in total. The second-order valence-electron chi connectivity index (χ2n) is 5.29. The highest BCUT2D eigenvalue weighted by atomic mass is 35.5. The molecule has 0 bridgehead atoms. The van der Waals surface area contributed by atoms with Gasteiger partial charge in [0.15, 0.2) is 0 Å². The Balaban J connectivity index is 2.90. The molecule has 1 aromatic rings. The minimum Gasteiger partial charge on any atom is -0.362 e. The van der Waals surface area contributed by atoms with Gasteiger partial charge in [-0.25, -0.2) is 0 Å². The van der Waals surface area contributed by atoms with E-state index in [2.05, 4.69) is 22.5 Å². The fourth-order valence-electron chi connectivity index (χ4n) is 2.17. The molecule has 0 atom stereocenters. The van der Waals surface area contributed by atoms with Crippen LogP contribution in [0.2, 0.25) is 5.02 Å². The van der Waals surface area contributed by atoms with E-state index in [0.717, 1.165) is 30.9 Å². The van der Waals surface area contributed by atoms with Crippen molar-refractivity contribution in [2.24, 2.45) is 0 Å². The van der Waals surface area contributed by atoms with Gasteiger partial charge in [0, 0.05) is 29.8 Å². The van der Waals surface area contributed by atoms with Gasteiger partial charge in [0.05, 0.1) is 6.54 Å². The first kappa shape index (κ1) is 17.8. The Kier molecular flexibility index (Phi) is 7.54. The predicted molar refractivity (Wildman–Crippen MR) is 90.0 cm³/mol. The monoisotopic (exact) mass is 311 g/mol. The summed E-state index contributed by atoms with van der Waals surface area (Å²) in [4.78, 5) is 14.1. The Labute approximate surface area is 132 Å². The fourth-order valence-corrected chi connectivity index (χ4v) is 2.37. The van der Waals surface area contributed by atoms with Crippen molar-refractivity contribution in [3.63, 3.8) is 0 Å². The van der Waals surface area contributed by atoms with E-state index in [4.69, 9.17) is 11.6 Å². The van der Waals surface area contributed by atoms with Crippen LogP contribution in [0.25, 0.3) is 0 Å². The van der Waals surface area contributed by atoms with Gasteiger partial charge in [0.25, 0.3) is 0 Å². The summed E-state index contributed by atoms with van der Waals surface area (Å²) in [6, 6.07) is 5.97. The molecule has 0 radical (unpaired) electrons. The van der Waals surface area contributed by atoms with Gasteiger partial charge in [-0.3, -0.25) is 4.79 Å². The molecule has 0 spiro atoms. The Morgan fingerprint density at radius 2 is 2.05 bits per heavy atom. The third-order valence-electron chi connectivity index (χ3n) is 3.11. The third-order valence-corrected chi connectivity index (χ3v) is 3.35. The van der Waals surface area contributed by atoms with Crippen molar-refractivity contribution in [1.29, 1.82) is 0 Å². The lowest BCUT2D eigenvalue weighted by Crippen LogP contribution is -2.40. The Morgan fingerprint density at radius 3 is 2.62 bits per heavy atom. The highest BCUT2D eigenvalue weighted by Crippen LogP contribution is 2.24. The molecule has 0 saturated carbocycles. The number of amides is 1. The summed E-state index contributed by atoms with van der Waals surface area (Å²) < 4.78 is 0. The molecule has 1 aromatic carbocycles. The van der Waals surface area contributed by atoms with Crippen LogP contribution >= 0.6 is 11.6 Å². The van der Waals surface area contributed by atoms with Crippen molar-refractivity contribution in [3.8, 4) is 0 Å². The zero-order valence-corrected chi connectivity index (χ0v) is 14.1. The van der Waals surface area contributed by atoms with E-state index in [1.165, 1.54) is 0 Å². The molecule has 0 aliphatic carbocycles. The quantitative estimate of drug-likeness (QED) is 0.776. The van der Waals surface area contributed by atoms with Gasteiger partial charge in [0.2, 0.25) is 5.91 Å². The van der Waals surface area contributed by atoms with E-state index < -0.39 is 0 Å². The first-order valence-corrected chi connectivity index (χ1v) is 7.89. The number of anilines is 1. The highest BCUT2D eigenvalue weighted by Gasteiger charge is 2.14. The number of carbonyl (C=O) groups excluding carboxylic acids is 1. The normalized spacial score (nSPS) is 10.8. The summed E-state index contributed by atoms with van der Waals surface area (Å²) in [6.45, 7) is 10.8. The van der Waals surface area contributed by atoms with Crippen LogP contribution in [-0.4, -0.2) is 31.6 Å². The lowest BCUT2D eigenvalue weighted by molar-refractivity contribution is -0.120. The van der Waals surface area contributed by atoms with Crippen LogP contribution in [0.3, 0.4) is 0 Å². The van der Waals surface area contributed by atoms with Gasteiger partial charge in [-0.1, -0.05) is 18.5 Å². The number of hydrogen-bond donors (Lipinski definition) is 2. The topological polar surface area (TPSA) is 44.4 Å². The van der Waals surface area contributed by atoms with Crippen LogP contribution in [0.4, 0.5) is 5.69 Å². The van der Waals surface area contributed by atoms with Crippen molar-refractivity contribution in [3.05, 3.63) is 28.8 Å². The predicted octanol–water partition coefficient (Wildman–Crippen LogP) is 2.80. The maximum Gasteiger partial charge on any atom is 0.239 e. The van der Waals surface area contributed by atoms with Gasteiger partial charge in [-0.05, 0) is 51.1 Å². The fraction of sp³-hybridized carbons (Fsp3) is 0.562. The molecule has 4 nitrogen and oxygen atoms in total. The van der Waals surface area contributed by atoms with Crippen LogP contribution in [0.1, 0.15) is 33.3 Å². The molecule has 5 heteroatoms. The molecule has 1 rings (SSSR count). The van der Waals surface area contributed by atoms with E-state index in [1.807, 2.05) is 39.0 Å². The SMILES string of the molecule is CCNCc1cc(Cl)ccc1N(CC)CC(=O)NC(C)C. The minimum atomic E-state index is 0.0381. The van der Waals surface area contributed by atoms with Gasteiger partial charge >= 0.3 is 0 Å². The number of likely N-dealkylation sites (N-methyl/N-ethyl adjacent to an activating group) is 1. The molecule has 0 aliphatic rings. The van der Waals surface area contributed by atoms with Gasteiger partial charge in [0.1, 0.15) is 0 Å². The molecular formula is C16H26ClN3O. The van der Waals surface area contributed by atoms with Crippen LogP contribution in [0.15, 0.2) is 18.2 Å². The van der Waals surface area contributed by atoms with Crippen LogP contribution in [0, 0.1) is 0 Å². The lowest BCUT2D eigenvalue weighted by atomic mass is 10.1. The number of nitrogens with zero attached hydrogens (tertiary/aromatic N) is 1. The maximum atomic E-state index is 12.0. The number of hydrogen-bond acceptors (Lipinski definition) is 3. The summed E-state index contributed by atoms with van der Waals surface area (Å²) in [5, 5.41) is 6.96. The zero-order chi connectivity index (χ0) is 15.8. The van der Waals surface area contributed by atoms with Crippen molar-refractivity contribution in [2.75, 3.05) is 24.5 Å². The van der Waals surface area contributed by atoms with Crippen LogP contribution in [0.5, 0.6) is 0 Å². The number of carbonyl (C=O) groups is 1. The second-order valence-corrected chi connectivity index (χ2v) is 5.73. The van der Waals surface area contributed by atoms with Gasteiger partial charge in [-0.15, -0.1) is 0 Å². The minimum absolute atomic E-state index is 0.0381. The summed E-state index contributed by atoms with van der Waals surface area (Å²) in [6.07, 6.45) is 0. The second kappa shape index (κ2) is 8.90. The average Bonchev–Trinajstić information content (AvgIpc) is 2.42. The van der Waals surface area contributed by atoms with Crippen LogP contribution in [-0.2, 0) is 11.3 Å². The molecule has 0 aliphatic heterocycles. The maximum absolute atomic E-state index is 12.0. The molecule has 1 amide bonds. The molecular weight excluding hydrogens is 286 g/mol. The smallest absolute Gasteiger partial charge is 0.239 e. The molecule has 0 saturated heterocycles. The number of rotatable bonds is 8. The van der Waals surface area contributed by atoms with Crippen molar-refractivity contribution in [1.82, 2.24) is 10.6 Å².